The predicted molar refractivity (Wildman–Crippen MR) is 135 cm³/mol. The molecule has 2 aliphatic heterocycles. The lowest BCUT2D eigenvalue weighted by molar-refractivity contribution is -0.907. The lowest BCUT2D eigenvalue weighted by atomic mass is 9.95. The van der Waals surface area contributed by atoms with Gasteiger partial charge in [-0.15, -0.1) is 0 Å². The van der Waals surface area contributed by atoms with Crippen LogP contribution in [0, 0.1) is 0 Å². The largest absolute Gasteiger partial charge is 0.872 e. The summed E-state index contributed by atoms with van der Waals surface area (Å²) in [6.45, 7) is 6.51. The number of benzene rings is 2. The molecule has 9 heteroatoms. The SMILES string of the molecule is CCCOc1ccc(C2C(=C([O-])c3ccc(OC)cc3)C(=O)C(=O)N2CC[NH+]2CCOCC2)cc1OC. The fourth-order valence-corrected chi connectivity index (χ4v) is 4.72. The highest BCUT2D eigenvalue weighted by Crippen LogP contribution is 2.41. The molecule has 2 heterocycles. The average molecular weight is 511 g/mol. The number of nitrogens with one attached hydrogen (secondary N) is 1. The van der Waals surface area contributed by atoms with Crippen molar-refractivity contribution in [1.82, 2.24) is 4.90 Å². The Morgan fingerprint density at radius 3 is 2.43 bits per heavy atom. The van der Waals surface area contributed by atoms with E-state index in [0.717, 1.165) is 19.5 Å². The molecule has 2 aromatic rings. The van der Waals surface area contributed by atoms with Gasteiger partial charge in [0.25, 0.3) is 5.91 Å². The lowest BCUT2D eigenvalue weighted by Gasteiger charge is -2.30. The monoisotopic (exact) mass is 510 g/mol. The summed E-state index contributed by atoms with van der Waals surface area (Å²) in [6.07, 6.45) is 0.836. The molecule has 2 aromatic carbocycles. The molecule has 0 aliphatic carbocycles. The normalized spacial score (nSPS) is 19.8. The zero-order valence-corrected chi connectivity index (χ0v) is 21.6. The molecule has 0 bridgehead atoms. The summed E-state index contributed by atoms with van der Waals surface area (Å²) in [5, 5.41) is 13.6. The van der Waals surface area contributed by atoms with E-state index >= 15 is 0 Å². The van der Waals surface area contributed by atoms with Crippen LogP contribution < -0.4 is 24.2 Å². The van der Waals surface area contributed by atoms with Crippen LogP contribution in [0.1, 0.15) is 30.5 Å². The number of hydrogen-bond donors (Lipinski definition) is 1. The maximum absolute atomic E-state index is 13.6. The number of hydrogen-bond acceptors (Lipinski definition) is 7. The van der Waals surface area contributed by atoms with Gasteiger partial charge in [-0.3, -0.25) is 9.59 Å². The molecule has 1 unspecified atom stereocenters. The quantitative estimate of drug-likeness (QED) is 0.284. The number of rotatable bonds is 10. The first-order chi connectivity index (χ1) is 18.0. The molecule has 0 aromatic heterocycles. The van der Waals surface area contributed by atoms with Crippen molar-refractivity contribution >= 4 is 17.4 Å². The molecule has 9 nitrogen and oxygen atoms in total. The molecule has 198 valence electrons. The second-order valence-electron chi connectivity index (χ2n) is 9.07. The van der Waals surface area contributed by atoms with Gasteiger partial charge in [0, 0.05) is 5.57 Å². The maximum Gasteiger partial charge on any atom is 0.295 e. The smallest absolute Gasteiger partial charge is 0.295 e. The second-order valence-corrected chi connectivity index (χ2v) is 9.07. The summed E-state index contributed by atoms with van der Waals surface area (Å²) in [4.78, 5) is 29.4. The van der Waals surface area contributed by atoms with Gasteiger partial charge in [-0.1, -0.05) is 30.9 Å². The molecule has 2 fully saturated rings. The van der Waals surface area contributed by atoms with Gasteiger partial charge in [0.1, 0.15) is 18.8 Å². The Kier molecular flexibility index (Phi) is 8.68. The van der Waals surface area contributed by atoms with E-state index in [-0.39, 0.29) is 5.57 Å². The van der Waals surface area contributed by atoms with Crippen LogP contribution in [0.5, 0.6) is 17.2 Å². The molecule has 0 radical (unpaired) electrons. The molecule has 4 rings (SSSR count). The maximum atomic E-state index is 13.6. The third-order valence-electron chi connectivity index (χ3n) is 6.75. The summed E-state index contributed by atoms with van der Waals surface area (Å²) in [5.41, 5.74) is 0.877. The Morgan fingerprint density at radius 2 is 1.78 bits per heavy atom. The summed E-state index contributed by atoms with van der Waals surface area (Å²) in [7, 11) is 3.08. The van der Waals surface area contributed by atoms with Crippen molar-refractivity contribution in [2.45, 2.75) is 19.4 Å². The lowest BCUT2D eigenvalue weighted by Crippen LogP contribution is -3.14. The number of amides is 1. The van der Waals surface area contributed by atoms with E-state index in [1.165, 1.54) is 24.0 Å². The number of Topliss-reactive ketones (excluding diaryl/α,β-unsaturated/α-hetero) is 1. The predicted octanol–water partition coefficient (Wildman–Crippen LogP) is 0.632. The molecule has 1 N–H and O–H groups in total. The van der Waals surface area contributed by atoms with Crippen molar-refractivity contribution in [3.63, 3.8) is 0 Å². The molecule has 1 atom stereocenters. The van der Waals surface area contributed by atoms with E-state index in [1.54, 1.807) is 42.5 Å². The van der Waals surface area contributed by atoms with E-state index in [0.29, 0.717) is 61.3 Å². The van der Waals surface area contributed by atoms with Crippen LogP contribution in [0.15, 0.2) is 48.0 Å². The molecule has 37 heavy (non-hydrogen) atoms. The average Bonchev–Trinajstić information content (AvgIpc) is 3.20. The van der Waals surface area contributed by atoms with Gasteiger partial charge in [-0.05, 0) is 41.8 Å². The molecule has 0 spiro atoms. The highest BCUT2D eigenvalue weighted by molar-refractivity contribution is 6.46. The van der Waals surface area contributed by atoms with E-state index in [4.69, 9.17) is 18.9 Å². The van der Waals surface area contributed by atoms with Crippen LogP contribution in [0.25, 0.3) is 5.76 Å². The van der Waals surface area contributed by atoms with Crippen LogP contribution in [0.2, 0.25) is 0 Å². The molecule has 0 saturated carbocycles. The van der Waals surface area contributed by atoms with E-state index < -0.39 is 23.5 Å². The van der Waals surface area contributed by atoms with Crippen LogP contribution in [0.3, 0.4) is 0 Å². The minimum absolute atomic E-state index is 0.0589. The van der Waals surface area contributed by atoms with E-state index in [9.17, 15) is 14.7 Å². The minimum atomic E-state index is -0.829. The topological polar surface area (TPSA) is 102 Å². The van der Waals surface area contributed by atoms with Gasteiger partial charge in [0.15, 0.2) is 11.5 Å². The Hall–Kier alpha value is -3.56. The van der Waals surface area contributed by atoms with Crippen molar-refractivity contribution in [1.29, 1.82) is 0 Å². The minimum Gasteiger partial charge on any atom is -0.872 e. The number of carbonyl (C=O) groups excluding carboxylic acids is 2. The molecule has 2 saturated heterocycles. The zero-order chi connectivity index (χ0) is 26.4. The first-order valence-corrected chi connectivity index (χ1v) is 12.6. The third kappa shape index (κ3) is 5.73. The summed E-state index contributed by atoms with van der Waals surface area (Å²) in [6, 6.07) is 11.0. The number of carbonyl (C=O) groups is 2. The molecular formula is C28H34N2O7. The van der Waals surface area contributed by atoms with Crippen LogP contribution in [-0.2, 0) is 14.3 Å². The number of nitrogens with zero attached hydrogens (tertiary/aromatic N) is 1. The van der Waals surface area contributed by atoms with Gasteiger partial charge in [0.05, 0.1) is 53.2 Å². The number of ether oxygens (including phenoxy) is 4. The van der Waals surface area contributed by atoms with Crippen molar-refractivity contribution < 1.29 is 38.5 Å². The molecule has 1 amide bonds. The standard InChI is InChI=1S/C28H34N2O7/c1-4-15-37-22-10-7-20(18-23(22)35-3)25-24(26(31)19-5-8-21(34-2)9-6-19)27(32)28(33)30(25)12-11-29-13-16-36-17-14-29/h5-10,18,25,31H,4,11-17H2,1-3H3. The van der Waals surface area contributed by atoms with Crippen LogP contribution >= 0.6 is 0 Å². The van der Waals surface area contributed by atoms with E-state index in [1.807, 2.05) is 6.92 Å². The Bertz CT molecular complexity index is 1140. The Labute approximate surface area is 217 Å². The van der Waals surface area contributed by atoms with Crippen molar-refractivity contribution in [3.05, 3.63) is 59.2 Å². The number of ketones is 1. The number of quaternary nitrogens is 1. The van der Waals surface area contributed by atoms with Gasteiger partial charge in [-0.2, -0.15) is 0 Å². The van der Waals surface area contributed by atoms with Crippen molar-refractivity contribution in [3.8, 4) is 17.2 Å². The summed E-state index contributed by atoms with van der Waals surface area (Å²) in [5.74, 6) is -0.274. The summed E-state index contributed by atoms with van der Waals surface area (Å²) < 4.78 is 22.0. The van der Waals surface area contributed by atoms with Gasteiger partial charge >= 0.3 is 0 Å². The van der Waals surface area contributed by atoms with Crippen LogP contribution in [-0.4, -0.2) is 76.8 Å². The number of likely N-dealkylation sites (tertiary alicyclic amines) is 1. The van der Waals surface area contributed by atoms with Crippen LogP contribution in [0.4, 0.5) is 0 Å². The third-order valence-corrected chi connectivity index (χ3v) is 6.75. The van der Waals surface area contributed by atoms with Gasteiger partial charge in [0.2, 0.25) is 5.78 Å². The van der Waals surface area contributed by atoms with Gasteiger partial charge in [-0.25, -0.2) is 0 Å². The summed E-state index contributed by atoms with van der Waals surface area (Å²) >= 11 is 0. The first kappa shape index (κ1) is 26.5. The number of methoxy groups -OCH3 is 2. The second kappa shape index (κ2) is 12.1. The highest BCUT2D eigenvalue weighted by Gasteiger charge is 2.44. The Balaban J connectivity index is 1.75. The zero-order valence-electron chi connectivity index (χ0n) is 21.6. The molecule has 2 aliphatic rings. The van der Waals surface area contributed by atoms with Crippen molar-refractivity contribution in [2.24, 2.45) is 0 Å². The van der Waals surface area contributed by atoms with Crippen molar-refractivity contribution in [2.75, 3.05) is 60.2 Å². The highest BCUT2D eigenvalue weighted by atomic mass is 16.5. The van der Waals surface area contributed by atoms with Gasteiger partial charge < -0.3 is 33.9 Å². The Morgan fingerprint density at radius 1 is 1.05 bits per heavy atom. The molecular weight excluding hydrogens is 476 g/mol. The fourth-order valence-electron chi connectivity index (χ4n) is 4.72. The fraction of sp³-hybridized carbons (Fsp3) is 0.429. The number of morpholine rings is 1. The first-order valence-electron chi connectivity index (χ1n) is 12.6. The van der Waals surface area contributed by atoms with E-state index in [2.05, 4.69) is 0 Å².